The second kappa shape index (κ2) is 9.32. The Bertz CT molecular complexity index is 1260. The third-order valence-electron chi connectivity index (χ3n) is 5.36. The van der Waals surface area contributed by atoms with Gasteiger partial charge in [0, 0.05) is 24.9 Å². The van der Waals surface area contributed by atoms with Gasteiger partial charge in [-0.1, -0.05) is 31.2 Å². The number of ether oxygens (including phenoxy) is 2. The number of H-pyrrole nitrogens is 1. The topological polar surface area (TPSA) is 69.1 Å². The Balaban J connectivity index is 1.86. The molecule has 1 N–H and O–H groups in total. The van der Waals surface area contributed by atoms with Crippen LogP contribution in [0, 0.1) is 0 Å². The van der Waals surface area contributed by atoms with Crippen LogP contribution in [0.2, 0.25) is 0 Å². The number of fused-ring (bicyclic) bond motifs is 1. The van der Waals surface area contributed by atoms with E-state index in [4.69, 9.17) is 14.5 Å². The Morgan fingerprint density at radius 1 is 1.09 bits per heavy atom. The molecule has 0 aliphatic carbocycles. The highest BCUT2D eigenvalue weighted by molar-refractivity contribution is 5.82. The van der Waals surface area contributed by atoms with Crippen molar-refractivity contribution in [2.45, 2.75) is 32.6 Å². The van der Waals surface area contributed by atoms with Crippen LogP contribution in [0.1, 0.15) is 30.8 Å². The molecule has 0 aliphatic heterocycles. The minimum absolute atomic E-state index is 0.123. The molecule has 0 amide bonds. The van der Waals surface area contributed by atoms with Gasteiger partial charge in [-0.15, -0.1) is 0 Å². The Labute approximate surface area is 183 Å². The third kappa shape index (κ3) is 4.40. The van der Waals surface area contributed by atoms with Gasteiger partial charge in [-0.3, -0.25) is 4.79 Å². The number of alkyl halides is 2. The van der Waals surface area contributed by atoms with E-state index in [-0.39, 0.29) is 24.0 Å². The van der Waals surface area contributed by atoms with Crippen molar-refractivity contribution in [3.05, 3.63) is 82.5 Å². The lowest BCUT2D eigenvalue weighted by molar-refractivity contribution is -0.0505. The number of halogens is 2. The fraction of sp³-hybridized carbons (Fsp3) is 0.250. The summed E-state index contributed by atoms with van der Waals surface area (Å²) in [6, 6.07) is 15.7. The van der Waals surface area contributed by atoms with Gasteiger partial charge >= 0.3 is 6.61 Å². The van der Waals surface area contributed by atoms with Crippen molar-refractivity contribution < 1.29 is 18.3 Å². The summed E-state index contributed by atoms with van der Waals surface area (Å²) in [6.45, 7) is -0.634. The van der Waals surface area contributed by atoms with Gasteiger partial charge in [0.15, 0.2) is 0 Å². The molecule has 0 fully saturated rings. The molecule has 4 rings (SSSR count). The highest BCUT2D eigenvalue weighted by Gasteiger charge is 2.21. The first kappa shape index (κ1) is 21.7. The number of aromatic amines is 1. The van der Waals surface area contributed by atoms with Gasteiger partial charge in [0.2, 0.25) is 5.56 Å². The maximum atomic E-state index is 12.9. The molecule has 0 aliphatic rings. The smallest absolute Gasteiger partial charge is 0.387 e. The molecule has 1 atom stereocenters. The van der Waals surface area contributed by atoms with Gasteiger partial charge in [0.1, 0.15) is 17.7 Å². The molecule has 1 unspecified atom stereocenters. The molecule has 2 heterocycles. The zero-order valence-electron chi connectivity index (χ0n) is 17.7. The summed E-state index contributed by atoms with van der Waals surface area (Å²) < 4.78 is 38.2. The van der Waals surface area contributed by atoms with Gasteiger partial charge in [-0.2, -0.15) is 8.78 Å². The largest absolute Gasteiger partial charge is 0.434 e. The summed E-state index contributed by atoms with van der Waals surface area (Å²) in [5.74, 6) is 0.827. The van der Waals surface area contributed by atoms with Crippen molar-refractivity contribution in [2.75, 3.05) is 7.11 Å². The molecule has 6 nitrogen and oxygen atoms in total. The number of pyridine rings is 1. The molecular formula is C24H23F2N3O3. The first-order valence-corrected chi connectivity index (χ1v) is 10.2. The number of para-hydroxylation sites is 1. The highest BCUT2D eigenvalue weighted by atomic mass is 19.3. The van der Waals surface area contributed by atoms with Crippen molar-refractivity contribution in [2.24, 2.45) is 0 Å². The maximum Gasteiger partial charge on any atom is 0.387 e. The van der Waals surface area contributed by atoms with Gasteiger partial charge in [-0.25, -0.2) is 4.98 Å². The van der Waals surface area contributed by atoms with E-state index >= 15 is 0 Å². The van der Waals surface area contributed by atoms with Crippen molar-refractivity contribution >= 4 is 11.0 Å². The normalized spacial score (nSPS) is 12.4. The van der Waals surface area contributed by atoms with Gasteiger partial charge < -0.3 is 19.0 Å². The lowest BCUT2D eigenvalue weighted by Gasteiger charge is -2.17. The number of rotatable bonds is 8. The van der Waals surface area contributed by atoms with E-state index in [0.29, 0.717) is 17.8 Å². The van der Waals surface area contributed by atoms with E-state index in [2.05, 4.69) is 4.98 Å². The molecule has 166 valence electrons. The molecule has 32 heavy (non-hydrogen) atoms. The Kier molecular flexibility index (Phi) is 6.32. The zero-order chi connectivity index (χ0) is 22.7. The molecule has 0 saturated heterocycles. The first-order valence-electron chi connectivity index (χ1n) is 10.2. The molecule has 0 radical (unpaired) electrons. The molecule has 2 aromatic carbocycles. The van der Waals surface area contributed by atoms with E-state index in [0.717, 1.165) is 22.2 Å². The first-order chi connectivity index (χ1) is 15.5. The van der Waals surface area contributed by atoms with Crippen LogP contribution in [-0.4, -0.2) is 28.3 Å². The van der Waals surface area contributed by atoms with Crippen molar-refractivity contribution in [3.8, 4) is 16.9 Å². The number of imidazole rings is 1. The van der Waals surface area contributed by atoms with Crippen LogP contribution in [0.15, 0.2) is 65.6 Å². The predicted octanol–water partition coefficient (Wildman–Crippen LogP) is 5.14. The monoisotopic (exact) mass is 439 g/mol. The van der Waals surface area contributed by atoms with E-state index in [9.17, 15) is 13.6 Å². The predicted molar refractivity (Wildman–Crippen MR) is 118 cm³/mol. The average molecular weight is 439 g/mol. The summed E-state index contributed by atoms with van der Waals surface area (Å²) in [4.78, 5) is 18.9. The lowest BCUT2D eigenvalue weighted by Crippen LogP contribution is -2.13. The number of nitrogens with zero attached hydrogens (tertiary/aromatic N) is 2. The van der Waals surface area contributed by atoms with Crippen LogP contribution in [0.3, 0.4) is 0 Å². The number of methoxy groups -OCH3 is 1. The number of hydrogen-bond donors (Lipinski definition) is 1. The summed E-state index contributed by atoms with van der Waals surface area (Å²) in [5, 5.41) is 0. The number of aromatic nitrogens is 3. The SMILES string of the molecule is CCC(OC)c1nc2ccc(-c3ccc(=O)[nH]c3)cc2n1Cc1ccccc1OC(F)F. The van der Waals surface area contributed by atoms with Gasteiger partial charge in [0.25, 0.3) is 0 Å². The molecule has 0 bridgehead atoms. The van der Waals surface area contributed by atoms with E-state index in [1.54, 1.807) is 37.6 Å². The molecule has 8 heteroatoms. The van der Waals surface area contributed by atoms with Crippen LogP contribution in [0.25, 0.3) is 22.2 Å². The summed E-state index contributed by atoms with van der Waals surface area (Å²) in [7, 11) is 1.62. The highest BCUT2D eigenvalue weighted by Crippen LogP contribution is 2.31. The fourth-order valence-electron chi connectivity index (χ4n) is 3.79. The fourth-order valence-corrected chi connectivity index (χ4v) is 3.79. The van der Waals surface area contributed by atoms with E-state index in [1.165, 1.54) is 12.1 Å². The van der Waals surface area contributed by atoms with Gasteiger partial charge in [0.05, 0.1) is 17.6 Å². The van der Waals surface area contributed by atoms with Crippen molar-refractivity contribution in [1.82, 2.24) is 14.5 Å². The average Bonchev–Trinajstić information content (AvgIpc) is 3.13. The molecule has 0 spiro atoms. The minimum Gasteiger partial charge on any atom is -0.434 e. The van der Waals surface area contributed by atoms with Crippen LogP contribution in [-0.2, 0) is 11.3 Å². The lowest BCUT2D eigenvalue weighted by atomic mass is 10.1. The van der Waals surface area contributed by atoms with E-state index < -0.39 is 6.61 Å². The van der Waals surface area contributed by atoms with Crippen LogP contribution < -0.4 is 10.3 Å². The molecule has 0 saturated carbocycles. The van der Waals surface area contributed by atoms with Crippen LogP contribution >= 0.6 is 0 Å². The van der Waals surface area contributed by atoms with Crippen LogP contribution in [0.5, 0.6) is 5.75 Å². The van der Waals surface area contributed by atoms with Crippen molar-refractivity contribution in [3.63, 3.8) is 0 Å². The van der Waals surface area contributed by atoms with E-state index in [1.807, 2.05) is 29.7 Å². The Morgan fingerprint density at radius 2 is 1.88 bits per heavy atom. The summed E-state index contributed by atoms with van der Waals surface area (Å²) in [6.07, 6.45) is 2.09. The second-order valence-electron chi connectivity index (χ2n) is 7.32. The number of benzene rings is 2. The van der Waals surface area contributed by atoms with Gasteiger partial charge in [-0.05, 0) is 41.8 Å². The number of nitrogens with one attached hydrogen (secondary N) is 1. The molecule has 2 aromatic heterocycles. The third-order valence-corrected chi connectivity index (χ3v) is 5.36. The quantitative estimate of drug-likeness (QED) is 0.413. The number of hydrogen-bond acceptors (Lipinski definition) is 4. The summed E-state index contributed by atoms with van der Waals surface area (Å²) >= 11 is 0. The standard InChI is InChI=1S/C24H23F2N3O3/c1-3-20(31-2)23-28-18-10-8-15(16-9-11-22(30)27-13-16)12-19(18)29(23)14-17-6-4-5-7-21(17)32-24(25)26/h4-13,20,24H,3,14H2,1-2H3,(H,27,30). The Morgan fingerprint density at radius 3 is 2.56 bits per heavy atom. The van der Waals surface area contributed by atoms with Crippen LogP contribution in [0.4, 0.5) is 8.78 Å². The maximum absolute atomic E-state index is 12.9. The minimum atomic E-state index is -2.91. The molecular weight excluding hydrogens is 416 g/mol. The van der Waals surface area contributed by atoms with Crippen molar-refractivity contribution in [1.29, 1.82) is 0 Å². The summed E-state index contributed by atoms with van der Waals surface area (Å²) in [5.41, 5.74) is 3.75. The zero-order valence-corrected chi connectivity index (χ0v) is 17.7. The Hall–Kier alpha value is -3.52. The second-order valence-corrected chi connectivity index (χ2v) is 7.32. The molecule has 4 aromatic rings.